The van der Waals surface area contributed by atoms with Gasteiger partial charge < -0.3 is 14.4 Å². The van der Waals surface area contributed by atoms with E-state index in [4.69, 9.17) is 4.74 Å². The van der Waals surface area contributed by atoms with Crippen molar-refractivity contribution in [2.24, 2.45) is 5.10 Å². The van der Waals surface area contributed by atoms with Crippen molar-refractivity contribution in [1.82, 2.24) is 9.99 Å². The Kier molecular flexibility index (Phi) is 7.73. The van der Waals surface area contributed by atoms with Crippen LogP contribution >= 0.6 is 0 Å². The number of phenolic OH excluding ortho intramolecular Hbond substituents is 1. The first kappa shape index (κ1) is 25.8. The van der Waals surface area contributed by atoms with Gasteiger partial charge in [-0.1, -0.05) is 78.9 Å². The number of ether oxygens (including phenoxy) is 1. The molecule has 6 nitrogen and oxygen atoms in total. The summed E-state index contributed by atoms with van der Waals surface area (Å²) in [6.07, 6.45) is 1.79. The number of nitrogens with one attached hydrogen (secondary N) is 1. The maximum Gasteiger partial charge on any atom is 0.241 e. The van der Waals surface area contributed by atoms with Gasteiger partial charge in [0.25, 0.3) is 0 Å². The van der Waals surface area contributed by atoms with E-state index in [1.165, 1.54) is 6.21 Å². The van der Waals surface area contributed by atoms with Gasteiger partial charge in [0.05, 0.1) is 24.0 Å². The van der Waals surface area contributed by atoms with Crippen LogP contribution < -0.4 is 10.2 Å². The molecule has 0 radical (unpaired) electrons. The first-order valence-electron chi connectivity index (χ1n) is 13.1. The SMILES string of the molecule is CCOc1cc(/C=N\NC(=O)CCn2c(-c3ccccc3)c(-c3ccccc3)c3cccc(C)c32)ccc1O. The van der Waals surface area contributed by atoms with Crippen LogP contribution in [0.5, 0.6) is 11.5 Å². The molecule has 6 heteroatoms. The van der Waals surface area contributed by atoms with E-state index in [2.05, 4.69) is 76.6 Å². The van der Waals surface area contributed by atoms with Gasteiger partial charge in [0.15, 0.2) is 11.5 Å². The highest BCUT2D eigenvalue weighted by molar-refractivity contribution is 6.05. The summed E-state index contributed by atoms with van der Waals surface area (Å²) in [4.78, 5) is 12.9. The van der Waals surface area contributed by atoms with Crippen molar-refractivity contribution in [2.75, 3.05) is 6.61 Å². The minimum absolute atomic E-state index is 0.0661. The molecule has 39 heavy (non-hydrogen) atoms. The first-order chi connectivity index (χ1) is 19.1. The number of carbonyl (C=O) groups excluding carboxylic acids is 1. The average Bonchev–Trinajstić information content (AvgIpc) is 3.30. The number of aromatic hydroxyl groups is 1. The summed E-state index contributed by atoms with van der Waals surface area (Å²) in [5, 5.41) is 15.2. The zero-order chi connectivity index (χ0) is 27.2. The molecule has 4 aromatic carbocycles. The highest BCUT2D eigenvalue weighted by atomic mass is 16.5. The number of aryl methyl sites for hydroxylation is 2. The third-order valence-electron chi connectivity index (χ3n) is 6.64. The van der Waals surface area contributed by atoms with Crippen molar-refractivity contribution in [1.29, 1.82) is 0 Å². The second-order valence-corrected chi connectivity index (χ2v) is 9.28. The van der Waals surface area contributed by atoms with Crippen LogP contribution in [0.1, 0.15) is 24.5 Å². The second kappa shape index (κ2) is 11.7. The van der Waals surface area contributed by atoms with E-state index in [1.807, 2.05) is 31.2 Å². The van der Waals surface area contributed by atoms with E-state index in [1.54, 1.807) is 18.2 Å². The maximum absolute atomic E-state index is 12.9. The number of fused-ring (bicyclic) bond motifs is 1. The molecule has 1 amide bonds. The minimum atomic E-state index is -0.189. The lowest BCUT2D eigenvalue weighted by atomic mass is 9.98. The predicted molar refractivity (Wildman–Crippen MR) is 157 cm³/mol. The number of rotatable bonds is 9. The third kappa shape index (κ3) is 5.55. The summed E-state index contributed by atoms with van der Waals surface area (Å²) in [5.41, 5.74) is 10.1. The first-order valence-corrected chi connectivity index (χ1v) is 13.1. The predicted octanol–water partition coefficient (Wildman–Crippen LogP) is 6.93. The number of nitrogens with zero attached hydrogens (tertiary/aromatic N) is 2. The summed E-state index contributed by atoms with van der Waals surface area (Å²) in [6, 6.07) is 32.0. The van der Waals surface area contributed by atoms with Gasteiger partial charge in [-0.05, 0) is 54.3 Å². The molecule has 0 bridgehead atoms. The Labute approximate surface area is 228 Å². The quantitative estimate of drug-likeness (QED) is 0.164. The number of para-hydroxylation sites is 1. The molecule has 0 unspecified atom stereocenters. The molecule has 1 heterocycles. The number of aromatic nitrogens is 1. The van der Waals surface area contributed by atoms with Crippen molar-refractivity contribution < 1.29 is 14.6 Å². The van der Waals surface area contributed by atoms with Gasteiger partial charge in [-0.3, -0.25) is 4.79 Å². The van der Waals surface area contributed by atoms with E-state index in [0.29, 0.717) is 24.5 Å². The van der Waals surface area contributed by atoms with Crippen LogP contribution in [-0.4, -0.2) is 28.4 Å². The lowest BCUT2D eigenvalue weighted by molar-refractivity contribution is -0.121. The van der Waals surface area contributed by atoms with Crippen LogP contribution in [0.15, 0.2) is 102 Å². The fourth-order valence-electron chi connectivity index (χ4n) is 4.94. The third-order valence-corrected chi connectivity index (χ3v) is 6.64. The average molecular weight is 518 g/mol. The van der Waals surface area contributed by atoms with Crippen molar-refractivity contribution in [3.63, 3.8) is 0 Å². The number of benzene rings is 4. The van der Waals surface area contributed by atoms with Gasteiger partial charge in [0.2, 0.25) is 5.91 Å². The second-order valence-electron chi connectivity index (χ2n) is 9.28. The fourth-order valence-corrected chi connectivity index (χ4v) is 4.94. The maximum atomic E-state index is 12.9. The molecule has 0 aliphatic heterocycles. The lowest BCUT2D eigenvalue weighted by Crippen LogP contribution is -2.19. The monoisotopic (exact) mass is 517 g/mol. The summed E-state index contributed by atoms with van der Waals surface area (Å²) in [6.45, 7) is 4.89. The van der Waals surface area contributed by atoms with E-state index in [-0.39, 0.29) is 18.1 Å². The van der Waals surface area contributed by atoms with Gasteiger partial charge in [-0.2, -0.15) is 5.10 Å². The van der Waals surface area contributed by atoms with Crippen LogP contribution in [-0.2, 0) is 11.3 Å². The molecule has 0 aliphatic rings. The largest absolute Gasteiger partial charge is 0.504 e. The van der Waals surface area contributed by atoms with E-state index in [9.17, 15) is 9.90 Å². The number of carbonyl (C=O) groups is 1. The van der Waals surface area contributed by atoms with Gasteiger partial charge in [0, 0.05) is 23.9 Å². The van der Waals surface area contributed by atoms with Gasteiger partial charge >= 0.3 is 0 Å². The molecule has 5 aromatic rings. The molecule has 0 spiro atoms. The molecule has 0 saturated heterocycles. The number of hydrogen-bond donors (Lipinski definition) is 2. The normalized spacial score (nSPS) is 11.2. The van der Waals surface area contributed by atoms with Crippen LogP contribution in [0, 0.1) is 6.92 Å². The molecule has 0 aliphatic carbocycles. The highest BCUT2D eigenvalue weighted by Crippen LogP contribution is 2.42. The molecule has 2 N–H and O–H groups in total. The van der Waals surface area contributed by atoms with Crippen LogP contribution in [0.4, 0.5) is 0 Å². The lowest BCUT2D eigenvalue weighted by Gasteiger charge is -2.13. The Morgan fingerprint density at radius 2 is 1.67 bits per heavy atom. The van der Waals surface area contributed by atoms with Crippen molar-refractivity contribution in [3.05, 3.63) is 108 Å². The highest BCUT2D eigenvalue weighted by Gasteiger charge is 2.21. The van der Waals surface area contributed by atoms with Crippen molar-refractivity contribution in [2.45, 2.75) is 26.8 Å². The summed E-state index contributed by atoms with van der Waals surface area (Å²) >= 11 is 0. The minimum Gasteiger partial charge on any atom is -0.504 e. The number of amides is 1. The van der Waals surface area contributed by atoms with E-state index >= 15 is 0 Å². The van der Waals surface area contributed by atoms with Crippen LogP contribution in [0.3, 0.4) is 0 Å². The smallest absolute Gasteiger partial charge is 0.241 e. The Hall–Kier alpha value is -4.84. The number of hydrazone groups is 1. The summed E-state index contributed by atoms with van der Waals surface area (Å²) in [5.74, 6) is 0.257. The van der Waals surface area contributed by atoms with Crippen molar-refractivity contribution >= 4 is 23.0 Å². The van der Waals surface area contributed by atoms with Crippen LogP contribution in [0.2, 0.25) is 0 Å². The zero-order valence-electron chi connectivity index (χ0n) is 22.1. The Bertz CT molecular complexity index is 1620. The molecule has 196 valence electrons. The zero-order valence-corrected chi connectivity index (χ0v) is 22.1. The topological polar surface area (TPSA) is 75.8 Å². The summed E-state index contributed by atoms with van der Waals surface area (Å²) < 4.78 is 7.68. The number of hydrogen-bond acceptors (Lipinski definition) is 4. The molecule has 5 rings (SSSR count). The van der Waals surface area contributed by atoms with Crippen molar-refractivity contribution in [3.8, 4) is 33.9 Å². The Morgan fingerprint density at radius 1 is 0.949 bits per heavy atom. The molecular formula is C33H31N3O3. The number of phenols is 1. The van der Waals surface area contributed by atoms with Gasteiger partial charge in [-0.25, -0.2) is 5.43 Å². The molecule has 0 fully saturated rings. The Morgan fingerprint density at radius 3 is 2.38 bits per heavy atom. The molecule has 0 atom stereocenters. The molecule has 0 saturated carbocycles. The fraction of sp³-hybridized carbons (Fsp3) is 0.152. The van der Waals surface area contributed by atoms with E-state index in [0.717, 1.165) is 38.9 Å². The van der Waals surface area contributed by atoms with E-state index < -0.39 is 0 Å². The molecule has 1 aromatic heterocycles. The standard InChI is InChI=1S/C33H31N3O3/c1-3-39-29-21-24(17-18-28(29)37)22-34-35-30(38)19-20-36-32-23(2)11-10-16-27(32)31(25-12-6-4-7-13-25)33(36)26-14-8-5-9-15-26/h4-18,21-22,37H,3,19-20H2,1-2H3,(H,35,38)/b34-22-. The Balaban J connectivity index is 1.45. The summed E-state index contributed by atoms with van der Waals surface area (Å²) in [7, 11) is 0. The molecular weight excluding hydrogens is 486 g/mol. The van der Waals surface area contributed by atoms with Crippen LogP contribution in [0.25, 0.3) is 33.3 Å². The van der Waals surface area contributed by atoms with Gasteiger partial charge in [0.1, 0.15) is 0 Å². The van der Waals surface area contributed by atoms with Gasteiger partial charge in [-0.15, -0.1) is 0 Å².